The van der Waals surface area contributed by atoms with Gasteiger partial charge < -0.3 is 19.1 Å². The van der Waals surface area contributed by atoms with Gasteiger partial charge in [-0.1, -0.05) is 18.2 Å². The largest absolute Gasteiger partial charge is 0.492 e. The molecule has 2 aromatic rings. The first-order chi connectivity index (χ1) is 15.3. The summed E-state index contributed by atoms with van der Waals surface area (Å²) in [6, 6.07) is 9.11. The molecule has 1 saturated heterocycles. The van der Waals surface area contributed by atoms with Gasteiger partial charge in [0.25, 0.3) is 5.69 Å². The quantitative estimate of drug-likeness (QED) is 0.420. The van der Waals surface area contributed by atoms with Crippen LogP contribution in [0.4, 0.5) is 17.1 Å². The average Bonchev–Trinajstić information content (AvgIpc) is 2.76. The van der Waals surface area contributed by atoms with Crippen LogP contribution >= 0.6 is 0 Å². The van der Waals surface area contributed by atoms with Gasteiger partial charge in [0.15, 0.2) is 0 Å². The van der Waals surface area contributed by atoms with Crippen LogP contribution in [-0.4, -0.2) is 52.9 Å². The highest BCUT2D eigenvalue weighted by atomic mass is 32.2. The zero-order chi connectivity index (χ0) is 23.1. The second-order valence-electron chi connectivity index (χ2n) is 7.03. The normalized spacial score (nSPS) is 14.1. The van der Waals surface area contributed by atoms with Crippen LogP contribution < -0.4 is 19.1 Å². The van der Waals surface area contributed by atoms with Crippen LogP contribution in [0.2, 0.25) is 0 Å². The number of ether oxygens (including phenoxy) is 3. The van der Waals surface area contributed by atoms with E-state index in [1.165, 1.54) is 18.2 Å². The maximum absolute atomic E-state index is 12.9. The summed E-state index contributed by atoms with van der Waals surface area (Å²) < 4.78 is 45.2. The van der Waals surface area contributed by atoms with Gasteiger partial charge in [-0.15, -0.1) is 0 Å². The summed E-state index contributed by atoms with van der Waals surface area (Å²) >= 11 is 0. The predicted octanol–water partition coefficient (Wildman–Crippen LogP) is 3.17. The Morgan fingerprint density at radius 1 is 1.09 bits per heavy atom. The van der Waals surface area contributed by atoms with Crippen molar-refractivity contribution in [3.05, 3.63) is 52.1 Å². The number of hydrogen-bond donors (Lipinski definition) is 1. The lowest BCUT2D eigenvalue weighted by molar-refractivity contribution is -0.385. The molecule has 0 radical (unpaired) electrons. The summed E-state index contributed by atoms with van der Waals surface area (Å²) in [5, 5.41) is 11.2. The number of nitro benzene ring substituents is 1. The maximum atomic E-state index is 12.9. The highest BCUT2D eigenvalue weighted by Gasteiger charge is 2.24. The monoisotopic (exact) mass is 465 g/mol. The molecule has 10 nitrogen and oxygen atoms in total. The lowest BCUT2D eigenvalue weighted by atomic mass is 10.2. The Morgan fingerprint density at radius 3 is 2.41 bits per heavy atom. The number of nitrogens with one attached hydrogen (secondary N) is 1. The number of sulfonamides is 1. The van der Waals surface area contributed by atoms with Crippen LogP contribution in [0.15, 0.2) is 36.4 Å². The van der Waals surface area contributed by atoms with Crippen LogP contribution in [0.25, 0.3) is 0 Å². The van der Waals surface area contributed by atoms with Crippen LogP contribution in [0, 0.1) is 10.1 Å². The molecule has 0 aromatic heterocycles. The molecule has 1 heterocycles. The second kappa shape index (κ2) is 10.5. The highest BCUT2D eigenvalue weighted by molar-refractivity contribution is 7.91. The Balaban J connectivity index is 1.95. The Morgan fingerprint density at radius 2 is 1.75 bits per heavy atom. The van der Waals surface area contributed by atoms with Crippen molar-refractivity contribution in [1.82, 2.24) is 0 Å². The lowest BCUT2D eigenvalue weighted by Gasteiger charge is -2.31. The van der Waals surface area contributed by atoms with Crippen molar-refractivity contribution in [2.75, 3.05) is 49.1 Å². The molecule has 11 heteroatoms. The van der Waals surface area contributed by atoms with Crippen molar-refractivity contribution in [1.29, 1.82) is 0 Å². The predicted molar refractivity (Wildman–Crippen MR) is 121 cm³/mol. The average molecular weight is 466 g/mol. The number of rotatable bonds is 10. The van der Waals surface area contributed by atoms with E-state index < -0.39 is 20.7 Å². The number of morpholine rings is 1. The van der Waals surface area contributed by atoms with E-state index >= 15 is 0 Å². The Labute approximate surface area is 187 Å². The summed E-state index contributed by atoms with van der Waals surface area (Å²) in [7, 11) is -3.98. The molecule has 0 saturated carbocycles. The van der Waals surface area contributed by atoms with Gasteiger partial charge in [0, 0.05) is 36.9 Å². The molecule has 2 aromatic carbocycles. The first-order valence-corrected chi connectivity index (χ1v) is 12.0. The SMILES string of the molecule is CCOc1cc(N2CCOCC2)c(OCC)cc1NS(=O)(=O)Cc1ccccc1[N+](=O)[O-]. The zero-order valence-corrected chi connectivity index (χ0v) is 18.9. The third-order valence-electron chi connectivity index (χ3n) is 4.81. The standard InChI is InChI=1S/C21H27N3O7S/c1-3-30-20-14-19(23-9-11-29-12-10-23)21(31-4-2)13-17(20)22-32(27,28)15-16-7-5-6-8-18(16)24(25)26/h5-8,13-14,22H,3-4,9-12,15H2,1-2H3. The van der Waals surface area contributed by atoms with E-state index in [0.29, 0.717) is 51.0 Å². The van der Waals surface area contributed by atoms with Crippen LogP contribution in [0.3, 0.4) is 0 Å². The van der Waals surface area contributed by atoms with Crippen molar-refractivity contribution in [2.45, 2.75) is 19.6 Å². The summed E-state index contributed by atoms with van der Waals surface area (Å²) in [6.07, 6.45) is 0. The minimum Gasteiger partial charge on any atom is -0.492 e. The first-order valence-electron chi connectivity index (χ1n) is 10.3. The van der Waals surface area contributed by atoms with Crippen LogP contribution in [-0.2, 0) is 20.5 Å². The number of hydrogen-bond acceptors (Lipinski definition) is 8. The fourth-order valence-corrected chi connectivity index (χ4v) is 4.67. The van der Waals surface area contributed by atoms with Crippen molar-refractivity contribution >= 4 is 27.1 Å². The minimum atomic E-state index is -3.98. The number of nitrogens with zero attached hydrogens (tertiary/aromatic N) is 2. The third kappa shape index (κ3) is 5.80. The van der Waals surface area contributed by atoms with Gasteiger partial charge in [0.1, 0.15) is 17.3 Å². The molecule has 3 rings (SSSR count). The fraction of sp³-hybridized carbons (Fsp3) is 0.429. The molecule has 1 aliphatic heterocycles. The molecule has 0 bridgehead atoms. The maximum Gasteiger partial charge on any atom is 0.273 e. The molecule has 0 spiro atoms. The van der Waals surface area contributed by atoms with Crippen molar-refractivity contribution < 1.29 is 27.6 Å². The molecule has 1 aliphatic rings. The van der Waals surface area contributed by atoms with Gasteiger partial charge in [-0.3, -0.25) is 14.8 Å². The fourth-order valence-electron chi connectivity index (χ4n) is 3.45. The Kier molecular flexibility index (Phi) is 7.75. The van der Waals surface area contributed by atoms with E-state index in [4.69, 9.17) is 14.2 Å². The number of benzene rings is 2. The summed E-state index contributed by atoms with van der Waals surface area (Å²) in [4.78, 5) is 12.8. The molecule has 1 fully saturated rings. The molecule has 0 unspecified atom stereocenters. The first kappa shape index (κ1) is 23.6. The van der Waals surface area contributed by atoms with Gasteiger partial charge >= 0.3 is 0 Å². The van der Waals surface area contributed by atoms with Crippen molar-refractivity contribution in [3.63, 3.8) is 0 Å². The van der Waals surface area contributed by atoms with Gasteiger partial charge in [0.2, 0.25) is 10.0 Å². The summed E-state index contributed by atoms with van der Waals surface area (Å²) in [5.74, 6) is 0.315. The number of para-hydroxylation sites is 1. The summed E-state index contributed by atoms with van der Waals surface area (Å²) in [6.45, 7) is 6.89. The minimum absolute atomic E-state index is 0.0953. The molecule has 0 aliphatic carbocycles. The smallest absolute Gasteiger partial charge is 0.273 e. The molecule has 32 heavy (non-hydrogen) atoms. The van der Waals surface area contributed by atoms with E-state index in [0.717, 1.165) is 5.69 Å². The topological polar surface area (TPSA) is 120 Å². The Bertz CT molecular complexity index is 1050. The van der Waals surface area contributed by atoms with Gasteiger partial charge in [0.05, 0.1) is 42.7 Å². The van der Waals surface area contributed by atoms with E-state index in [2.05, 4.69) is 9.62 Å². The van der Waals surface area contributed by atoms with E-state index in [9.17, 15) is 18.5 Å². The highest BCUT2D eigenvalue weighted by Crippen LogP contribution is 2.40. The molecular weight excluding hydrogens is 438 g/mol. The molecule has 1 N–H and O–H groups in total. The van der Waals surface area contributed by atoms with Crippen LogP contribution in [0.5, 0.6) is 11.5 Å². The van der Waals surface area contributed by atoms with Crippen molar-refractivity contribution in [2.24, 2.45) is 0 Å². The molecular formula is C21H27N3O7S. The molecule has 0 amide bonds. The zero-order valence-electron chi connectivity index (χ0n) is 18.1. The lowest BCUT2D eigenvalue weighted by Crippen LogP contribution is -2.36. The van der Waals surface area contributed by atoms with Crippen LogP contribution in [0.1, 0.15) is 19.4 Å². The van der Waals surface area contributed by atoms with E-state index in [-0.39, 0.29) is 16.9 Å². The van der Waals surface area contributed by atoms with E-state index in [1.807, 2.05) is 6.92 Å². The molecule has 0 atom stereocenters. The van der Waals surface area contributed by atoms with Gasteiger partial charge in [-0.05, 0) is 13.8 Å². The third-order valence-corrected chi connectivity index (χ3v) is 6.03. The second-order valence-corrected chi connectivity index (χ2v) is 8.75. The molecule has 174 valence electrons. The Hall–Kier alpha value is -3.05. The number of anilines is 2. The van der Waals surface area contributed by atoms with Crippen molar-refractivity contribution in [3.8, 4) is 11.5 Å². The number of nitro groups is 1. The van der Waals surface area contributed by atoms with Gasteiger partial charge in [-0.2, -0.15) is 0 Å². The van der Waals surface area contributed by atoms with Gasteiger partial charge in [-0.25, -0.2) is 8.42 Å². The van der Waals surface area contributed by atoms with E-state index in [1.54, 1.807) is 25.1 Å². The summed E-state index contributed by atoms with van der Waals surface area (Å²) in [5.41, 5.74) is 0.852.